The lowest BCUT2D eigenvalue weighted by Gasteiger charge is -2.15. The second-order valence-corrected chi connectivity index (χ2v) is 7.00. The normalized spacial score (nSPS) is 19.7. The molecule has 21 heavy (non-hydrogen) atoms. The Bertz CT molecular complexity index is 658. The molecule has 1 aliphatic heterocycles. The van der Waals surface area contributed by atoms with E-state index in [2.05, 4.69) is 21.4 Å². The van der Waals surface area contributed by atoms with E-state index < -0.39 is 0 Å². The van der Waals surface area contributed by atoms with Gasteiger partial charge in [-0.2, -0.15) is 0 Å². The third kappa shape index (κ3) is 3.05. The number of imidazole rings is 1. The fraction of sp³-hybridized carbons (Fsp3) is 0.533. The Morgan fingerprint density at radius 2 is 2.29 bits per heavy atom. The van der Waals surface area contributed by atoms with Gasteiger partial charge < -0.3 is 9.47 Å². The molecule has 0 radical (unpaired) electrons. The van der Waals surface area contributed by atoms with Crippen molar-refractivity contribution in [2.24, 2.45) is 5.92 Å². The lowest BCUT2D eigenvalue weighted by Crippen LogP contribution is -2.21. The Labute approximate surface area is 142 Å². The standard InChI is InChI=1S/C15H18ClFIN3/c1-2-20-4-3-10(8-20)9-21-14-5-11(17)12(18)6-13(14)19-15(21)7-16/h5-6,10H,2-4,7-9H2,1H3. The third-order valence-corrected chi connectivity index (χ3v) is 5.31. The van der Waals surface area contributed by atoms with E-state index in [4.69, 9.17) is 11.6 Å². The lowest BCUT2D eigenvalue weighted by molar-refractivity contribution is 0.333. The van der Waals surface area contributed by atoms with Crippen molar-refractivity contribution in [1.82, 2.24) is 14.5 Å². The number of aromatic nitrogens is 2. The van der Waals surface area contributed by atoms with Gasteiger partial charge in [-0.1, -0.05) is 6.92 Å². The molecule has 2 aromatic rings. The summed E-state index contributed by atoms with van der Waals surface area (Å²) in [6.07, 6.45) is 1.18. The maximum absolute atomic E-state index is 13.9. The molecule has 2 heterocycles. The zero-order valence-electron chi connectivity index (χ0n) is 12.0. The van der Waals surface area contributed by atoms with Crippen molar-refractivity contribution in [3.63, 3.8) is 0 Å². The van der Waals surface area contributed by atoms with E-state index in [0.29, 0.717) is 15.4 Å². The van der Waals surface area contributed by atoms with Gasteiger partial charge in [0.2, 0.25) is 0 Å². The monoisotopic (exact) mass is 421 g/mol. The van der Waals surface area contributed by atoms with Crippen LogP contribution in [0.5, 0.6) is 0 Å². The maximum atomic E-state index is 13.9. The van der Waals surface area contributed by atoms with Crippen molar-refractivity contribution in [1.29, 1.82) is 0 Å². The maximum Gasteiger partial charge on any atom is 0.138 e. The smallest absolute Gasteiger partial charge is 0.138 e. The lowest BCUT2D eigenvalue weighted by atomic mass is 10.1. The Morgan fingerprint density at radius 1 is 1.48 bits per heavy atom. The summed E-state index contributed by atoms with van der Waals surface area (Å²) < 4.78 is 16.6. The van der Waals surface area contributed by atoms with E-state index >= 15 is 0 Å². The van der Waals surface area contributed by atoms with E-state index in [0.717, 1.165) is 43.0 Å². The average Bonchev–Trinajstić information content (AvgIpc) is 3.05. The first-order valence-corrected chi connectivity index (χ1v) is 8.86. The van der Waals surface area contributed by atoms with Crippen LogP contribution < -0.4 is 0 Å². The van der Waals surface area contributed by atoms with Gasteiger partial charge in [0.15, 0.2) is 0 Å². The zero-order valence-corrected chi connectivity index (χ0v) is 14.9. The predicted octanol–water partition coefficient (Wildman–Crippen LogP) is 3.86. The van der Waals surface area contributed by atoms with Crippen molar-refractivity contribution in [2.45, 2.75) is 25.8 Å². The molecule has 0 bridgehead atoms. The molecule has 0 aliphatic carbocycles. The molecule has 1 aromatic carbocycles. The van der Waals surface area contributed by atoms with Gasteiger partial charge in [-0.15, -0.1) is 11.6 Å². The molecule has 3 rings (SSSR count). The molecule has 1 atom stereocenters. The first-order chi connectivity index (χ1) is 10.1. The van der Waals surface area contributed by atoms with E-state index in [1.807, 2.05) is 22.6 Å². The molecule has 3 nitrogen and oxygen atoms in total. The number of hydrogen-bond acceptors (Lipinski definition) is 2. The summed E-state index contributed by atoms with van der Waals surface area (Å²) in [5.74, 6) is 1.60. The minimum atomic E-state index is -0.188. The molecule has 0 spiro atoms. The minimum absolute atomic E-state index is 0.188. The van der Waals surface area contributed by atoms with Crippen molar-refractivity contribution >= 4 is 45.2 Å². The van der Waals surface area contributed by atoms with Gasteiger partial charge >= 0.3 is 0 Å². The van der Waals surface area contributed by atoms with Gasteiger partial charge in [-0.3, -0.25) is 0 Å². The highest BCUT2D eigenvalue weighted by atomic mass is 127. The molecule has 0 N–H and O–H groups in total. The summed E-state index contributed by atoms with van der Waals surface area (Å²) in [4.78, 5) is 7.01. The van der Waals surface area contributed by atoms with Crippen LogP contribution in [-0.4, -0.2) is 34.1 Å². The molecule has 1 aromatic heterocycles. The summed E-state index contributed by atoms with van der Waals surface area (Å²) >= 11 is 8.03. The largest absolute Gasteiger partial charge is 0.327 e. The van der Waals surface area contributed by atoms with E-state index in [1.165, 1.54) is 6.42 Å². The van der Waals surface area contributed by atoms with Crippen LogP contribution in [-0.2, 0) is 12.4 Å². The number of fused-ring (bicyclic) bond motifs is 1. The van der Waals surface area contributed by atoms with E-state index in [-0.39, 0.29) is 5.82 Å². The van der Waals surface area contributed by atoms with Crippen LogP contribution in [0.2, 0.25) is 0 Å². The van der Waals surface area contributed by atoms with Crippen LogP contribution in [0.3, 0.4) is 0 Å². The van der Waals surface area contributed by atoms with Gasteiger partial charge in [0.25, 0.3) is 0 Å². The highest BCUT2D eigenvalue weighted by Gasteiger charge is 2.23. The second-order valence-electron chi connectivity index (χ2n) is 5.58. The van der Waals surface area contributed by atoms with Gasteiger partial charge in [0.1, 0.15) is 11.6 Å². The Morgan fingerprint density at radius 3 is 2.95 bits per heavy atom. The topological polar surface area (TPSA) is 21.1 Å². The number of likely N-dealkylation sites (tertiary alicyclic amines) is 1. The van der Waals surface area contributed by atoms with Crippen LogP contribution >= 0.6 is 34.2 Å². The number of hydrogen-bond donors (Lipinski definition) is 0. The first-order valence-electron chi connectivity index (χ1n) is 7.24. The number of benzene rings is 1. The predicted molar refractivity (Wildman–Crippen MR) is 92.2 cm³/mol. The average molecular weight is 422 g/mol. The third-order valence-electron chi connectivity index (χ3n) is 4.25. The Balaban J connectivity index is 1.95. The molecule has 1 saturated heterocycles. The zero-order chi connectivity index (χ0) is 15.0. The molecular weight excluding hydrogens is 404 g/mol. The summed E-state index contributed by atoms with van der Waals surface area (Å²) in [7, 11) is 0. The summed E-state index contributed by atoms with van der Waals surface area (Å²) in [6, 6.07) is 3.39. The number of alkyl halides is 1. The van der Waals surface area contributed by atoms with Crippen LogP contribution in [0, 0.1) is 15.3 Å². The van der Waals surface area contributed by atoms with Gasteiger partial charge in [-0.05, 0) is 54.1 Å². The Hall–Kier alpha value is -0.400. The van der Waals surface area contributed by atoms with Crippen LogP contribution in [0.1, 0.15) is 19.2 Å². The first kappa shape index (κ1) is 15.5. The summed E-state index contributed by atoms with van der Waals surface area (Å²) in [6.45, 7) is 6.41. The molecule has 1 aliphatic rings. The van der Waals surface area contributed by atoms with Crippen molar-refractivity contribution in [2.75, 3.05) is 19.6 Å². The van der Waals surface area contributed by atoms with Crippen LogP contribution in [0.15, 0.2) is 12.1 Å². The molecule has 0 amide bonds. The van der Waals surface area contributed by atoms with Crippen molar-refractivity contribution < 1.29 is 4.39 Å². The van der Waals surface area contributed by atoms with Crippen LogP contribution in [0.25, 0.3) is 11.0 Å². The van der Waals surface area contributed by atoms with Gasteiger partial charge in [-0.25, -0.2) is 9.37 Å². The SMILES string of the molecule is CCN1CCC(Cn2c(CCl)nc3cc(I)c(F)cc32)C1. The molecule has 6 heteroatoms. The highest BCUT2D eigenvalue weighted by molar-refractivity contribution is 14.1. The highest BCUT2D eigenvalue weighted by Crippen LogP contribution is 2.26. The quantitative estimate of drug-likeness (QED) is 0.552. The number of halogens is 3. The van der Waals surface area contributed by atoms with Crippen molar-refractivity contribution in [3.05, 3.63) is 27.3 Å². The molecule has 0 saturated carbocycles. The van der Waals surface area contributed by atoms with Gasteiger partial charge in [0.05, 0.1) is 20.5 Å². The summed E-state index contributed by atoms with van der Waals surface area (Å²) in [5.41, 5.74) is 1.69. The molecule has 1 unspecified atom stereocenters. The number of nitrogens with zero attached hydrogens (tertiary/aromatic N) is 3. The van der Waals surface area contributed by atoms with Crippen LogP contribution in [0.4, 0.5) is 4.39 Å². The molecule has 1 fully saturated rings. The fourth-order valence-corrected chi connectivity index (χ4v) is 3.74. The minimum Gasteiger partial charge on any atom is -0.327 e. The van der Waals surface area contributed by atoms with Crippen molar-refractivity contribution in [3.8, 4) is 0 Å². The fourth-order valence-electron chi connectivity index (χ4n) is 3.08. The molecular formula is C15H18ClFIN3. The number of rotatable bonds is 4. The van der Waals surface area contributed by atoms with Gasteiger partial charge in [0, 0.05) is 19.2 Å². The summed E-state index contributed by atoms with van der Waals surface area (Å²) in [5, 5.41) is 0. The van der Waals surface area contributed by atoms with E-state index in [1.54, 1.807) is 12.1 Å². The molecule has 114 valence electrons. The van der Waals surface area contributed by atoms with E-state index in [9.17, 15) is 4.39 Å². The Kier molecular flexibility index (Phi) is 4.71. The second kappa shape index (κ2) is 6.38.